The SMILES string of the molecule is C=N/C=C(\C=C/C)COc1ccc2oc(C=O)cc2c1. The Labute approximate surface area is 117 Å². The fourth-order valence-corrected chi connectivity index (χ4v) is 1.82. The normalized spacial score (nSPS) is 11.9. The summed E-state index contributed by atoms with van der Waals surface area (Å²) >= 11 is 0. The maximum absolute atomic E-state index is 10.7. The van der Waals surface area contributed by atoms with Gasteiger partial charge in [-0.2, -0.15) is 0 Å². The van der Waals surface area contributed by atoms with E-state index < -0.39 is 0 Å². The Balaban J connectivity index is 2.15. The van der Waals surface area contributed by atoms with Gasteiger partial charge in [-0.15, -0.1) is 0 Å². The van der Waals surface area contributed by atoms with E-state index in [2.05, 4.69) is 11.7 Å². The van der Waals surface area contributed by atoms with Crippen molar-refractivity contribution in [2.24, 2.45) is 4.99 Å². The highest BCUT2D eigenvalue weighted by Gasteiger charge is 2.04. The summed E-state index contributed by atoms with van der Waals surface area (Å²) in [6.45, 7) is 5.75. The number of aldehydes is 1. The Hall–Kier alpha value is -2.62. The summed E-state index contributed by atoms with van der Waals surface area (Å²) in [5.74, 6) is 1.01. The molecule has 4 heteroatoms. The summed E-state index contributed by atoms with van der Waals surface area (Å²) in [7, 11) is 0. The molecule has 0 saturated carbocycles. The van der Waals surface area contributed by atoms with Crippen molar-refractivity contribution in [2.75, 3.05) is 6.61 Å². The zero-order valence-electron chi connectivity index (χ0n) is 11.2. The monoisotopic (exact) mass is 269 g/mol. The van der Waals surface area contributed by atoms with E-state index in [9.17, 15) is 4.79 Å². The Morgan fingerprint density at radius 1 is 1.45 bits per heavy atom. The molecule has 0 saturated heterocycles. The fraction of sp³-hybridized carbons (Fsp3) is 0.125. The average molecular weight is 269 g/mol. The molecule has 0 spiro atoms. The Kier molecular flexibility index (Phi) is 4.50. The second-order valence-corrected chi connectivity index (χ2v) is 4.14. The van der Waals surface area contributed by atoms with Crippen molar-refractivity contribution in [1.82, 2.24) is 0 Å². The predicted octanol–water partition coefficient (Wildman–Crippen LogP) is 3.78. The van der Waals surface area contributed by atoms with E-state index in [1.54, 1.807) is 24.4 Å². The van der Waals surface area contributed by atoms with Gasteiger partial charge in [-0.1, -0.05) is 12.2 Å². The Morgan fingerprint density at radius 3 is 3.00 bits per heavy atom. The van der Waals surface area contributed by atoms with Crippen LogP contribution in [-0.2, 0) is 0 Å². The highest BCUT2D eigenvalue weighted by molar-refractivity contribution is 5.85. The van der Waals surface area contributed by atoms with Crippen molar-refractivity contribution in [1.29, 1.82) is 0 Å². The van der Waals surface area contributed by atoms with Crippen LogP contribution in [0.15, 0.2) is 57.6 Å². The van der Waals surface area contributed by atoms with Crippen molar-refractivity contribution in [3.63, 3.8) is 0 Å². The summed E-state index contributed by atoms with van der Waals surface area (Å²) < 4.78 is 11.0. The molecule has 2 aromatic rings. The first-order valence-electron chi connectivity index (χ1n) is 6.16. The molecule has 0 aliphatic heterocycles. The van der Waals surface area contributed by atoms with E-state index in [0.29, 0.717) is 30.0 Å². The minimum absolute atomic E-state index is 0.308. The van der Waals surface area contributed by atoms with Gasteiger partial charge in [0.15, 0.2) is 12.0 Å². The molecule has 4 nitrogen and oxygen atoms in total. The Morgan fingerprint density at radius 2 is 2.30 bits per heavy atom. The third-order valence-electron chi connectivity index (χ3n) is 2.67. The largest absolute Gasteiger partial charge is 0.489 e. The molecule has 102 valence electrons. The number of furan rings is 1. The van der Waals surface area contributed by atoms with Crippen LogP contribution in [0.25, 0.3) is 11.0 Å². The number of carbonyl (C=O) groups is 1. The molecule has 2 rings (SSSR count). The molecule has 1 aromatic heterocycles. The molecule has 20 heavy (non-hydrogen) atoms. The topological polar surface area (TPSA) is 51.8 Å². The lowest BCUT2D eigenvalue weighted by atomic mass is 10.2. The van der Waals surface area contributed by atoms with Crippen LogP contribution in [0.4, 0.5) is 0 Å². The third-order valence-corrected chi connectivity index (χ3v) is 2.67. The quantitative estimate of drug-likeness (QED) is 0.455. The lowest BCUT2D eigenvalue weighted by molar-refractivity contribution is 0.110. The first kappa shape index (κ1) is 13.8. The van der Waals surface area contributed by atoms with E-state index in [1.807, 2.05) is 25.1 Å². The van der Waals surface area contributed by atoms with Gasteiger partial charge in [0.05, 0.1) is 0 Å². The maximum Gasteiger partial charge on any atom is 0.185 e. The van der Waals surface area contributed by atoms with Gasteiger partial charge in [0.25, 0.3) is 0 Å². The van der Waals surface area contributed by atoms with Gasteiger partial charge in [0.2, 0.25) is 0 Å². The van der Waals surface area contributed by atoms with Crippen molar-refractivity contribution in [3.8, 4) is 5.75 Å². The second kappa shape index (κ2) is 6.52. The third kappa shape index (κ3) is 3.23. The molecule has 0 aliphatic carbocycles. The molecule has 0 unspecified atom stereocenters. The molecule has 1 heterocycles. The molecular weight excluding hydrogens is 254 g/mol. The van der Waals surface area contributed by atoms with Crippen LogP contribution in [0.3, 0.4) is 0 Å². The maximum atomic E-state index is 10.7. The van der Waals surface area contributed by atoms with Crippen LogP contribution in [-0.4, -0.2) is 19.6 Å². The van der Waals surface area contributed by atoms with Crippen LogP contribution in [0.1, 0.15) is 17.5 Å². The van der Waals surface area contributed by atoms with Gasteiger partial charge >= 0.3 is 0 Å². The van der Waals surface area contributed by atoms with E-state index >= 15 is 0 Å². The molecule has 0 N–H and O–H groups in total. The van der Waals surface area contributed by atoms with E-state index in [4.69, 9.17) is 9.15 Å². The molecule has 1 aromatic carbocycles. The van der Waals surface area contributed by atoms with Gasteiger partial charge in [-0.05, 0) is 37.9 Å². The Bertz CT molecular complexity index is 680. The number of ether oxygens (including phenoxy) is 1. The van der Waals surface area contributed by atoms with Crippen molar-refractivity contribution >= 4 is 24.0 Å². The smallest absolute Gasteiger partial charge is 0.185 e. The summed E-state index contributed by atoms with van der Waals surface area (Å²) in [6.07, 6.45) is 6.16. The molecule has 0 fully saturated rings. The minimum Gasteiger partial charge on any atom is -0.489 e. The summed E-state index contributed by atoms with van der Waals surface area (Å²) in [5, 5.41) is 0.836. The second-order valence-electron chi connectivity index (χ2n) is 4.14. The van der Waals surface area contributed by atoms with Gasteiger partial charge in [-0.3, -0.25) is 9.79 Å². The summed E-state index contributed by atoms with van der Waals surface area (Å²) in [4.78, 5) is 14.4. The number of fused-ring (bicyclic) bond motifs is 1. The van der Waals surface area contributed by atoms with Crippen LogP contribution < -0.4 is 4.74 Å². The van der Waals surface area contributed by atoms with E-state index in [1.165, 1.54) is 0 Å². The fourth-order valence-electron chi connectivity index (χ4n) is 1.82. The predicted molar refractivity (Wildman–Crippen MR) is 79.5 cm³/mol. The number of hydrogen-bond acceptors (Lipinski definition) is 4. The van der Waals surface area contributed by atoms with E-state index in [0.717, 1.165) is 11.0 Å². The molecule has 0 atom stereocenters. The first-order chi connectivity index (χ1) is 9.76. The summed E-state index contributed by atoms with van der Waals surface area (Å²) in [5.41, 5.74) is 1.58. The molecule has 0 aliphatic rings. The lowest BCUT2D eigenvalue weighted by Crippen LogP contribution is -1.99. The zero-order chi connectivity index (χ0) is 14.4. The van der Waals surface area contributed by atoms with Crippen LogP contribution >= 0.6 is 0 Å². The van der Waals surface area contributed by atoms with Crippen LogP contribution in [0.2, 0.25) is 0 Å². The van der Waals surface area contributed by atoms with Crippen LogP contribution in [0.5, 0.6) is 5.75 Å². The number of rotatable bonds is 6. The molecule has 0 radical (unpaired) electrons. The first-order valence-corrected chi connectivity index (χ1v) is 6.16. The number of carbonyl (C=O) groups excluding carboxylic acids is 1. The van der Waals surface area contributed by atoms with Crippen molar-refractivity contribution < 1.29 is 13.9 Å². The number of nitrogens with zero attached hydrogens (tertiary/aromatic N) is 1. The standard InChI is InChI=1S/C16H15NO3/c1-3-4-12(9-17-2)11-19-14-5-6-16-13(7-14)8-15(10-18)20-16/h3-10H,2,11H2,1H3/b4-3-,12-9+. The number of allylic oxidation sites excluding steroid dienone is 1. The summed E-state index contributed by atoms with van der Waals surface area (Å²) in [6, 6.07) is 7.10. The van der Waals surface area contributed by atoms with Crippen LogP contribution in [0, 0.1) is 0 Å². The van der Waals surface area contributed by atoms with Crippen molar-refractivity contribution in [3.05, 3.63) is 54.0 Å². The van der Waals surface area contributed by atoms with E-state index in [-0.39, 0.29) is 0 Å². The van der Waals surface area contributed by atoms with Crippen molar-refractivity contribution in [2.45, 2.75) is 6.92 Å². The molecule has 0 bridgehead atoms. The minimum atomic E-state index is 0.308. The number of benzene rings is 1. The molecular formula is C16H15NO3. The van der Waals surface area contributed by atoms with Gasteiger partial charge in [0.1, 0.15) is 17.9 Å². The van der Waals surface area contributed by atoms with Gasteiger partial charge < -0.3 is 9.15 Å². The van der Waals surface area contributed by atoms with Gasteiger partial charge in [-0.25, -0.2) is 0 Å². The zero-order valence-corrected chi connectivity index (χ0v) is 11.2. The highest BCUT2D eigenvalue weighted by Crippen LogP contribution is 2.24. The molecule has 0 amide bonds. The van der Waals surface area contributed by atoms with Gasteiger partial charge in [0, 0.05) is 17.2 Å². The number of hydrogen-bond donors (Lipinski definition) is 0. The lowest BCUT2D eigenvalue weighted by Gasteiger charge is -2.06. The number of aliphatic imine (C=N–C) groups is 1. The highest BCUT2D eigenvalue weighted by atomic mass is 16.5. The average Bonchev–Trinajstić information content (AvgIpc) is 2.87.